The number of hydrogen-bond donors (Lipinski definition) is 1. The lowest BCUT2D eigenvalue weighted by Crippen LogP contribution is -2.24. The second kappa shape index (κ2) is 5.38. The Morgan fingerprint density at radius 1 is 1.44 bits per heavy atom. The third kappa shape index (κ3) is 2.81. The van der Waals surface area contributed by atoms with Gasteiger partial charge < -0.3 is 10.0 Å². The first kappa shape index (κ1) is 12.9. The van der Waals surface area contributed by atoms with Gasteiger partial charge in [0.05, 0.1) is 5.56 Å². The molecule has 0 amide bonds. The summed E-state index contributed by atoms with van der Waals surface area (Å²) in [6.07, 6.45) is 5.04. The molecule has 1 N–H and O–H groups in total. The molecule has 0 radical (unpaired) electrons. The minimum atomic E-state index is -1.22. The molecule has 2 rings (SSSR count). The maximum absolute atomic E-state index is 13.6. The number of benzene rings is 1. The van der Waals surface area contributed by atoms with Crippen LogP contribution in [0.15, 0.2) is 18.2 Å². The molecule has 0 spiro atoms. The molecule has 0 unspecified atom stereocenters. The van der Waals surface area contributed by atoms with E-state index in [1.54, 1.807) is 6.07 Å². The fraction of sp³-hybridized carbons (Fsp3) is 0.500. The fourth-order valence-electron chi connectivity index (χ4n) is 2.60. The summed E-state index contributed by atoms with van der Waals surface area (Å²) in [4.78, 5) is 12.7. The first-order chi connectivity index (χ1) is 8.58. The highest BCUT2D eigenvalue weighted by Gasteiger charge is 2.18. The van der Waals surface area contributed by atoms with Crippen molar-refractivity contribution in [3.63, 3.8) is 0 Å². The van der Waals surface area contributed by atoms with Gasteiger partial charge in [-0.25, -0.2) is 9.18 Å². The number of halogens is 1. The van der Waals surface area contributed by atoms with Gasteiger partial charge in [-0.05, 0) is 37.0 Å². The number of carboxylic acids is 1. The molecule has 18 heavy (non-hydrogen) atoms. The zero-order valence-electron chi connectivity index (χ0n) is 10.5. The summed E-state index contributed by atoms with van der Waals surface area (Å²) in [6.45, 7) is 0.909. The second-order valence-corrected chi connectivity index (χ2v) is 5.00. The van der Waals surface area contributed by atoms with Gasteiger partial charge in [0.15, 0.2) is 0 Å². The monoisotopic (exact) mass is 251 g/mol. The number of carboxylic acid groups (broad SMARTS) is 1. The third-order valence-electron chi connectivity index (χ3n) is 3.63. The van der Waals surface area contributed by atoms with Gasteiger partial charge in [0.25, 0.3) is 0 Å². The summed E-state index contributed by atoms with van der Waals surface area (Å²) in [7, 11) is 1.92. The van der Waals surface area contributed by atoms with Crippen molar-refractivity contribution in [1.82, 2.24) is 0 Å². The van der Waals surface area contributed by atoms with Crippen LogP contribution in [-0.2, 0) is 0 Å². The van der Waals surface area contributed by atoms with Crippen molar-refractivity contribution in [3.05, 3.63) is 29.6 Å². The normalized spacial score (nSPS) is 15.9. The van der Waals surface area contributed by atoms with Crippen molar-refractivity contribution in [2.75, 3.05) is 18.5 Å². The molecule has 0 aliphatic heterocycles. The summed E-state index contributed by atoms with van der Waals surface area (Å²) in [6, 6.07) is 4.30. The highest BCUT2D eigenvalue weighted by atomic mass is 19.1. The van der Waals surface area contributed by atoms with Crippen LogP contribution in [0.25, 0.3) is 0 Å². The summed E-state index contributed by atoms with van der Waals surface area (Å²) < 4.78 is 13.6. The Balaban J connectivity index is 2.08. The van der Waals surface area contributed by atoms with Gasteiger partial charge in [-0.2, -0.15) is 0 Å². The molecule has 1 aliphatic rings. The van der Waals surface area contributed by atoms with Crippen molar-refractivity contribution >= 4 is 11.7 Å². The van der Waals surface area contributed by atoms with E-state index < -0.39 is 11.8 Å². The Kier molecular flexibility index (Phi) is 3.84. The van der Waals surface area contributed by atoms with Gasteiger partial charge in [-0.1, -0.05) is 12.8 Å². The summed E-state index contributed by atoms with van der Waals surface area (Å²) in [5.41, 5.74) is 0.470. The summed E-state index contributed by atoms with van der Waals surface area (Å²) in [5.74, 6) is -1.21. The molecule has 1 aromatic rings. The van der Waals surface area contributed by atoms with E-state index in [4.69, 9.17) is 5.11 Å². The van der Waals surface area contributed by atoms with Gasteiger partial charge in [0.1, 0.15) is 5.82 Å². The molecule has 0 bridgehead atoms. The van der Waals surface area contributed by atoms with E-state index >= 15 is 0 Å². The van der Waals surface area contributed by atoms with E-state index in [0.29, 0.717) is 5.92 Å². The highest BCUT2D eigenvalue weighted by Crippen LogP contribution is 2.27. The highest BCUT2D eigenvalue weighted by molar-refractivity contribution is 5.88. The van der Waals surface area contributed by atoms with Crippen molar-refractivity contribution < 1.29 is 14.3 Å². The van der Waals surface area contributed by atoms with Crippen LogP contribution in [0.5, 0.6) is 0 Å². The van der Waals surface area contributed by atoms with E-state index in [9.17, 15) is 9.18 Å². The minimum absolute atomic E-state index is 0.270. The SMILES string of the molecule is CN(CC1CCCC1)c1ccc(C(=O)O)c(F)c1. The lowest BCUT2D eigenvalue weighted by atomic mass is 10.1. The molecule has 1 saturated carbocycles. The fourth-order valence-corrected chi connectivity index (χ4v) is 2.60. The molecular weight excluding hydrogens is 233 g/mol. The molecule has 1 fully saturated rings. The van der Waals surface area contributed by atoms with Crippen LogP contribution in [0, 0.1) is 11.7 Å². The van der Waals surface area contributed by atoms with Crippen LogP contribution in [0.3, 0.4) is 0 Å². The zero-order chi connectivity index (χ0) is 13.1. The van der Waals surface area contributed by atoms with Crippen molar-refractivity contribution in [1.29, 1.82) is 0 Å². The number of hydrogen-bond acceptors (Lipinski definition) is 2. The molecule has 1 aromatic carbocycles. The van der Waals surface area contributed by atoms with Crippen LogP contribution < -0.4 is 4.90 Å². The third-order valence-corrected chi connectivity index (χ3v) is 3.63. The summed E-state index contributed by atoms with van der Waals surface area (Å²) >= 11 is 0. The van der Waals surface area contributed by atoms with Gasteiger partial charge in [0.2, 0.25) is 0 Å². The van der Waals surface area contributed by atoms with Crippen molar-refractivity contribution in [3.8, 4) is 0 Å². The molecule has 0 saturated heterocycles. The minimum Gasteiger partial charge on any atom is -0.478 e. The van der Waals surface area contributed by atoms with E-state index in [-0.39, 0.29) is 5.56 Å². The van der Waals surface area contributed by atoms with Gasteiger partial charge in [-0.15, -0.1) is 0 Å². The van der Waals surface area contributed by atoms with Crippen LogP contribution in [0.2, 0.25) is 0 Å². The quantitative estimate of drug-likeness (QED) is 0.893. The van der Waals surface area contributed by atoms with E-state index in [1.165, 1.54) is 37.8 Å². The Labute approximate surface area is 106 Å². The molecule has 1 aliphatic carbocycles. The molecule has 0 heterocycles. The Hall–Kier alpha value is -1.58. The first-order valence-electron chi connectivity index (χ1n) is 6.32. The predicted molar refractivity (Wildman–Crippen MR) is 68.6 cm³/mol. The van der Waals surface area contributed by atoms with Gasteiger partial charge in [0, 0.05) is 19.3 Å². The lowest BCUT2D eigenvalue weighted by molar-refractivity contribution is 0.0692. The largest absolute Gasteiger partial charge is 0.478 e. The number of anilines is 1. The smallest absolute Gasteiger partial charge is 0.338 e. The van der Waals surface area contributed by atoms with Crippen LogP contribution >= 0.6 is 0 Å². The maximum atomic E-state index is 13.6. The van der Waals surface area contributed by atoms with Crippen LogP contribution in [-0.4, -0.2) is 24.7 Å². The molecule has 3 nitrogen and oxygen atoms in total. The van der Waals surface area contributed by atoms with Crippen LogP contribution in [0.4, 0.5) is 10.1 Å². The molecule has 0 atom stereocenters. The number of rotatable bonds is 4. The first-order valence-corrected chi connectivity index (χ1v) is 6.32. The number of aromatic carboxylic acids is 1. The Morgan fingerprint density at radius 2 is 2.11 bits per heavy atom. The predicted octanol–water partition coefficient (Wildman–Crippen LogP) is 3.15. The lowest BCUT2D eigenvalue weighted by Gasteiger charge is -2.23. The number of carbonyl (C=O) groups is 1. The molecular formula is C14H18FNO2. The van der Waals surface area contributed by atoms with Crippen molar-refractivity contribution in [2.45, 2.75) is 25.7 Å². The van der Waals surface area contributed by atoms with Crippen molar-refractivity contribution in [2.24, 2.45) is 5.92 Å². The summed E-state index contributed by atoms with van der Waals surface area (Å²) in [5, 5.41) is 8.77. The van der Waals surface area contributed by atoms with E-state index in [0.717, 1.165) is 12.2 Å². The van der Waals surface area contributed by atoms with Gasteiger partial charge >= 0.3 is 5.97 Å². The average molecular weight is 251 g/mol. The Bertz CT molecular complexity index is 441. The van der Waals surface area contributed by atoms with Gasteiger partial charge in [-0.3, -0.25) is 0 Å². The Morgan fingerprint density at radius 3 is 2.67 bits per heavy atom. The molecule has 4 heteroatoms. The molecule has 0 aromatic heterocycles. The zero-order valence-corrected chi connectivity index (χ0v) is 10.5. The standard InChI is InChI=1S/C14H18FNO2/c1-16(9-10-4-2-3-5-10)11-6-7-12(14(17)18)13(15)8-11/h6-8,10H,2-5,9H2,1H3,(H,17,18). The number of nitrogens with zero attached hydrogens (tertiary/aromatic N) is 1. The van der Waals surface area contributed by atoms with E-state index in [2.05, 4.69) is 0 Å². The molecule has 98 valence electrons. The topological polar surface area (TPSA) is 40.5 Å². The second-order valence-electron chi connectivity index (χ2n) is 5.00. The van der Waals surface area contributed by atoms with Crippen LogP contribution in [0.1, 0.15) is 36.0 Å². The average Bonchev–Trinajstić information content (AvgIpc) is 2.81. The maximum Gasteiger partial charge on any atom is 0.338 e. The van der Waals surface area contributed by atoms with E-state index in [1.807, 2.05) is 11.9 Å².